The quantitative estimate of drug-likeness (QED) is 0.359. The molecule has 162 valence electrons. The average Bonchev–Trinajstić information content (AvgIpc) is 3.32. The van der Waals surface area contributed by atoms with E-state index in [1.165, 1.54) is 12.4 Å². The molecule has 0 aliphatic rings. The van der Waals surface area contributed by atoms with Gasteiger partial charge in [-0.3, -0.25) is 4.79 Å². The lowest BCUT2D eigenvalue weighted by Gasteiger charge is -2.23. The Labute approximate surface area is 181 Å². The molecule has 0 atom stereocenters. The molecule has 0 fully saturated rings. The van der Waals surface area contributed by atoms with Gasteiger partial charge in [0.2, 0.25) is 11.4 Å². The van der Waals surface area contributed by atoms with E-state index in [4.69, 9.17) is 5.73 Å². The average molecular weight is 433 g/mol. The van der Waals surface area contributed by atoms with Crippen LogP contribution in [0.4, 0.5) is 10.7 Å². The van der Waals surface area contributed by atoms with Gasteiger partial charge in [-0.25, -0.2) is 29.2 Å². The number of hydrogen-bond donors (Lipinski definition) is 1. The first-order chi connectivity index (χ1) is 15.5. The van der Waals surface area contributed by atoms with Gasteiger partial charge in [0.1, 0.15) is 11.9 Å². The van der Waals surface area contributed by atoms with E-state index in [9.17, 15) is 14.4 Å². The monoisotopic (exact) mass is 433 g/mol. The highest BCUT2D eigenvalue weighted by Gasteiger charge is 2.21. The number of amides is 1. The van der Waals surface area contributed by atoms with Crippen molar-refractivity contribution in [3.63, 3.8) is 0 Å². The summed E-state index contributed by atoms with van der Waals surface area (Å²) >= 11 is 0. The number of hydrogen-bond acceptors (Lipinski definition) is 8. The van der Waals surface area contributed by atoms with Gasteiger partial charge < -0.3 is 15.0 Å². The fourth-order valence-corrected chi connectivity index (χ4v) is 3.23. The zero-order valence-electron chi connectivity index (χ0n) is 17.1. The largest absolute Gasteiger partial charge is 0.412 e. The molecule has 11 nitrogen and oxygen atoms in total. The van der Waals surface area contributed by atoms with Gasteiger partial charge in [-0.2, -0.15) is 4.98 Å². The minimum atomic E-state index is -1.30. The van der Waals surface area contributed by atoms with Crippen molar-refractivity contribution in [2.75, 3.05) is 11.6 Å². The summed E-state index contributed by atoms with van der Waals surface area (Å²) in [4.78, 5) is 49.4. The van der Waals surface area contributed by atoms with E-state index in [1.54, 1.807) is 52.2 Å². The number of aromatic nitrogens is 5. The van der Waals surface area contributed by atoms with Gasteiger partial charge in [-0.05, 0) is 18.6 Å². The Morgan fingerprint density at radius 2 is 2.00 bits per heavy atom. The predicted molar refractivity (Wildman–Crippen MR) is 115 cm³/mol. The molecule has 0 radical (unpaired) electrons. The molecule has 0 bridgehead atoms. The van der Waals surface area contributed by atoms with Crippen LogP contribution in [0.5, 0.6) is 0 Å². The minimum absolute atomic E-state index is 0.0820. The van der Waals surface area contributed by atoms with E-state index in [2.05, 4.69) is 19.7 Å². The number of carbonyl (C=O) groups excluding carboxylic acids is 2. The number of anilines is 1. The number of pyridine rings is 1. The molecule has 1 aromatic carbocycles. The third-order valence-electron chi connectivity index (χ3n) is 4.61. The van der Waals surface area contributed by atoms with Gasteiger partial charge in [0.15, 0.2) is 5.65 Å². The van der Waals surface area contributed by atoms with Crippen molar-refractivity contribution in [2.45, 2.75) is 13.3 Å². The summed E-state index contributed by atoms with van der Waals surface area (Å²) in [5.41, 5.74) is 4.83. The molecule has 4 aromatic rings. The maximum absolute atomic E-state index is 13.0. The maximum atomic E-state index is 13.0. The van der Waals surface area contributed by atoms with Gasteiger partial charge in [0.05, 0.1) is 5.39 Å². The second kappa shape index (κ2) is 8.68. The van der Waals surface area contributed by atoms with Gasteiger partial charge in [-0.1, -0.05) is 25.1 Å². The molecule has 0 unspecified atom stereocenters. The third-order valence-corrected chi connectivity index (χ3v) is 4.61. The van der Waals surface area contributed by atoms with E-state index in [1.807, 2.05) is 18.0 Å². The van der Waals surface area contributed by atoms with Crippen LogP contribution in [0, 0.1) is 0 Å². The van der Waals surface area contributed by atoms with Crippen LogP contribution in [0.1, 0.15) is 23.7 Å². The zero-order valence-corrected chi connectivity index (χ0v) is 17.1. The fraction of sp³-hybridized carbons (Fsp3) is 0.143. The van der Waals surface area contributed by atoms with Crippen molar-refractivity contribution in [3.8, 4) is 5.69 Å². The van der Waals surface area contributed by atoms with E-state index in [0.29, 0.717) is 18.2 Å². The Morgan fingerprint density at radius 3 is 2.66 bits per heavy atom. The summed E-state index contributed by atoms with van der Waals surface area (Å²) in [7, 11) is 0. The highest BCUT2D eigenvalue weighted by Crippen LogP contribution is 2.19. The molecule has 2 N–H and O–H groups in total. The summed E-state index contributed by atoms with van der Waals surface area (Å²) in [5, 5.41) is 1.89. The number of nitrogens with two attached hydrogens (primary N) is 1. The zero-order chi connectivity index (χ0) is 22.7. The van der Waals surface area contributed by atoms with E-state index in [0.717, 1.165) is 6.42 Å². The summed E-state index contributed by atoms with van der Waals surface area (Å²) in [6.45, 7) is 2.61. The van der Waals surface area contributed by atoms with Crippen LogP contribution < -0.4 is 16.2 Å². The molecular weight excluding hydrogens is 414 g/mol. The molecule has 11 heteroatoms. The summed E-state index contributed by atoms with van der Waals surface area (Å²) in [6.07, 6.45) is 7.16. The second-order valence-corrected chi connectivity index (χ2v) is 6.76. The van der Waals surface area contributed by atoms with Crippen molar-refractivity contribution in [3.05, 3.63) is 77.2 Å². The third kappa shape index (κ3) is 3.90. The summed E-state index contributed by atoms with van der Waals surface area (Å²) < 4.78 is 7.74. The van der Waals surface area contributed by atoms with Crippen molar-refractivity contribution >= 4 is 29.0 Å². The molecule has 0 aliphatic carbocycles. The number of fused-ring (bicyclic) bond motifs is 1. The topological polar surface area (TPSA) is 138 Å². The Hall–Kier alpha value is -4.54. The number of imidazole rings is 1. The van der Waals surface area contributed by atoms with Gasteiger partial charge in [0, 0.05) is 37.0 Å². The Bertz CT molecular complexity index is 1330. The van der Waals surface area contributed by atoms with Crippen LogP contribution in [0.25, 0.3) is 16.7 Å². The second-order valence-electron chi connectivity index (χ2n) is 6.76. The van der Waals surface area contributed by atoms with Crippen molar-refractivity contribution in [1.82, 2.24) is 24.2 Å². The summed E-state index contributed by atoms with van der Waals surface area (Å²) in [6, 6.07) is 9.01. The Morgan fingerprint density at radius 1 is 1.22 bits per heavy atom. The molecular formula is C21H19N7O4. The van der Waals surface area contributed by atoms with Crippen LogP contribution in [0.3, 0.4) is 0 Å². The normalized spacial score (nSPS) is 10.8. The molecule has 0 saturated carbocycles. The van der Waals surface area contributed by atoms with Crippen molar-refractivity contribution < 1.29 is 14.3 Å². The molecule has 4 rings (SSSR count). The number of benzene rings is 1. The number of primary amides is 1. The molecule has 3 aromatic heterocycles. The summed E-state index contributed by atoms with van der Waals surface area (Å²) in [5.74, 6) is -0.807. The van der Waals surface area contributed by atoms with Crippen LogP contribution in [-0.4, -0.2) is 42.8 Å². The standard InChI is InChI=1S/C21H19N7O4/c1-2-9-28(26-10-8-23-13-26)21-24-11-15-17(29)16(19(30)32-20(22)31)12-27(18(15)25-21)14-6-4-3-5-7-14/h3-8,10-13H,2,9H2,1H3,(H2,22,31). The predicted octanol–water partition coefficient (Wildman–Crippen LogP) is 1.89. The molecule has 0 spiro atoms. The van der Waals surface area contributed by atoms with Gasteiger partial charge >= 0.3 is 12.1 Å². The molecule has 3 heterocycles. The van der Waals surface area contributed by atoms with Crippen LogP contribution in [0.15, 0.2) is 66.2 Å². The SMILES string of the molecule is CCCN(c1ncc2c(=O)c(C(=O)OC(N)=O)cn(-c3ccccc3)c2n1)n1ccnc1. The number of rotatable bonds is 6. The number of ether oxygens (including phenoxy) is 1. The lowest BCUT2D eigenvalue weighted by Crippen LogP contribution is -2.31. The number of esters is 1. The first kappa shape index (κ1) is 20.7. The minimum Gasteiger partial charge on any atom is -0.373 e. The number of para-hydroxylation sites is 1. The first-order valence-electron chi connectivity index (χ1n) is 9.74. The molecule has 0 aliphatic heterocycles. The molecule has 0 saturated heterocycles. The Balaban J connectivity index is 1.96. The Kier molecular flexibility index (Phi) is 5.62. The highest BCUT2D eigenvalue weighted by molar-refractivity contribution is 5.98. The molecule has 1 amide bonds. The van der Waals surface area contributed by atoms with Crippen molar-refractivity contribution in [1.29, 1.82) is 0 Å². The van der Waals surface area contributed by atoms with Crippen molar-refractivity contribution in [2.24, 2.45) is 5.73 Å². The lowest BCUT2D eigenvalue weighted by atomic mass is 10.2. The smallest absolute Gasteiger partial charge is 0.373 e. The van der Waals surface area contributed by atoms with E-state index < -0.39 is 17.5 Å². The van der Waals surface area contributed by atoms with E-state index >= 15 is 0 Å². The molecule has 32 heavy (non-hydrogen) atoms. The van der Waals surface area contributed by atoms with Crippen LogP contribution in [0.2, 0.25) is 0 Å². The van der Waals surface area contributed by atoms with Crippen LogP contribution in [-0.2, 0) is 4.74 Å². The first-order valence-corrected chi connectivity index (χ1v) is 9.74. The number of carbonyl (C=O) groups is 2. The maximum Gasteiger partial charge on any atom is 0.412 e. The highest BCUT2D eigenvalue weighted by atomic mass is 16.6. The lowest BCUT2D eigenvalue weighted by molar-refractivity contribution is 0.0636. The van der Waals surface area contributed by atoms with E-state index in [-0.39, 0.29) is 16.6 Å². The fourth-order valence-electron chi connectivity index (χ4n) is 3.23. The van der Waals surface area contributed by atoms with Gasteiger partial charge in [0.25, 0.3) is 0 Å². The number of nitrogens with zero attached hydrogens (tertiary/aromatic N) is 6. The van der Waals surface area contributed by atoms with Gasteiger partial charge in [-0.15, -0.1) is 0 Å². The van der Waals surface area contributed by atoms with Crippen LogP contribution >= 0.6 is 0 Å².